The van der Waals surface area contributed by atoms with Gasteiger partial charge >= 0.3 is 0 Å². The molecule has 0 aliphatic carbocycles. The normalized spacial score (nSPS) is 13.1. The van der Waals surface area contributed by atoms with E-state index in [2.05, 4.69) is 41.5 Å². The standard InChI is InChI=1S/C44H32N2O4S2/c1-43(2,3)23-17-27-33-28(18-23)36-38(42(50)46(40(36)48)26-8-10-32-22(16-26)12-14-52-32)30-20-24(44(4,5)6)19-29(34(30)33)37-35(27)39(47)45(41(37)49)25-7-9-31-21(15-25)11-13-51-31/h7-20H,1-6H3. The molecule has 6 aromatic carbocycles. The summed E-state index contributed by atoms with van der Waals surface area (Å²) in [6, 6.07) is 23.4. The van der Waals surface area contributed by atoms with Crippen LogP contribution < -0.4 is 22.2 Å². The monoisotopic (exact) mass is 716 g/mol. The smallest absolute Gasteiger partial charge is 0.266 e. The largest absolute Gasteiger partial charge is 0.268 e. The quantitative estimate of drug-likeness (QED) is 0.167. The first kappa shape index (κ1) is 31.3. The van der Waals surface area contributed by atoms with Crippen molar-refractivity contribution >= 4 is 96.7 Å². The topological polar surface area (TPSA) is 78.1 Å². The lowest BCUT2D eigenvalue weighted by Crippen LogP contribution is -2.23. The molecule has 4 heterocycles. The van der Waals surface area contributed by atoms with Crippen LogP contribution in [-0.4, -0.2) is 9.13 Å². The van der Waals surface area contributed by atoms with Crippen LogP contribution in [-0.2, 0) is 10.8 Å². The number of hydrogen-bond donors (Lipinski definition) is 0. The highest BCUT2D eigenvalue weighted by Gasteiger charge is 2.31. The van der Waals surface area contributed by atoms with E-state index in [1.165, 1.54) is 9.13 Å². The molecule has 4 aromatic heterocycles. The van der Waals surface area contributed by atoms with Crippen molar-refractivity contribution in [2.24, 2.45) is 0 Å². The maximum absolute atomic E-state index is 14.8. The molecule has 0 unspecified atom stereocenters. The summed E-state index contributed by atoms with van der Waals surface area (Å²) >= 11 is 3.21. The average Bonchev–Trinajstić information content (AvgIpc) is 3.87. The molecule has 0 saturated carbocycles. The van der Waals surface area contributed by atoms with Crippen molar-refractivity contribution in [1.29, 1.82) is 0 Å². The second kappa shape index (κ2) is 10.1. The number of nitrogens with zero attached hydrogens (tertiary/aromatic N) is 2. The van der Waals surface area contributed by atoms with Gasteiger partial charge < -0.3 is 0 Å². The number of hydrogen-bond acceptors (Lipinski definition) is 6. The van der Waals surface area contributed by atoms with Gasteiger partial charge in [-0.2, -0.15) is 0 Å². The summed E-state index contributed by atoms with van der Waals surface area (Å²) in [7, 11) is 0. The van der Waals surface area contributed by atoms with E-state index in [9.17, 15) is 19.2 Å². The van der Waals surface area contributed by atoms with Crippen LogP contribution in [0.25, 0.3) is 85.4 Å². The van der Waals surface area contributed by atoms with Gasteiger partial charge in [0, 0.05) is 9.40 Å². The zero-order chi connectivity index (χ0) is 36.2. The third-order valence-electron chi connectivity index (χ3n) is 10.9. The van der Waals surface area contributed by atoms with Crippen molar-refractivity contribution in [3.05, 3.63) is 136 Å². The molecule has 254 valence electrons. The highest BCUT2D eigenvalue weighted by atomic mass is 32.1. The van der Waals surface area contributed by atoms with Crippen LogP contribution in [0.5, 0.6) is 0 Å². The summed E-state index contributed by atoms with van der Waals surface area (Å²) < 4.78 is 4.73. The zero-order valence-corrected chi connectivity index (χ0v) is 31.1. The summed E-state index contributed by atoms with van der Waals surface area (Å²) in [6.45, 7) is 12.5. The van der Waals surface area contributed by atoms with Gasteiger partial charge in [0.05, 0.1) is 32.9 Å². The predicted octanol–water partition coefficient (Wildman–Crippen LogP) is 9.81. The lowest BCUT2D eigenvalue weighted by molar-refractivity contribution is 0.591. The minimum atomic E-state index is -0.393. The minimum Gasteiger partial charge on any atom is -0.268 e. The number of aromatic nitrogens is 2. The fourth-order valence-electron chi connectivity index (χ4n) is 8.19. The third kappa shape index (κ3) is 4.05. The van der Waals surface area contributed by atoms with Crippen LogP contribution in [0, 0.1) is 0 Å². The van der Waals surface area contributed by atoms with Gasteiger partial charge in [-0.3, -0.25) is 19.2 Å². The van der Waals surface area contributed by atoms with E-state index < -0.39 is 22.2 Å². The van der Waals surface area contributed by atoms with E-state index >= 15 is 0 Å². The van der Waals surface area contributed by atoms with Gasteiger partial charge in [0.15, 0.2) is 0 Å². The molecule has 0 aliphatic rings. The second-order valence-corrected chi connectivity index (χ2v) is 18.0. The van der Waals surface area contributed by atoms with Crippen LogP contribution in [0.3, 0.4) is 0 Å². The van der Waals surface area contributed by atoms with Gasteiger partial charge in [-0.05, 0) is 149 Å². The molecule has 0 saturated heterocycles. The molecule has 0 N–H and O–H groups in total. The molecule has 52 heavy (non-hydrogen) atoms. The maximum atomic E-state index is 14.8. The van der Waals surface area contributed by atoms with Crippen molar-refractivity contribution in [1.82, 2.24) is 9.13 Å². The highest BCUT2D eigenvalue weighted by Crippen LogP contribution is 2.46. The fraction of sp³-hybridized carbons (Fsp3) is 0.182. The molecular formula is C44H32N2O4S2. The average molecular weight is 717 g/mol. The number of benzene rings is 6. The molecule has 8 heteroatoms. The van der Waals surface area contributed by atoms with Crippen LogP contribution in [0.4, 0.5) is 0 Å². The first-order valence-electron chi connectivity index (χ1n) is 17.3. The Kier molecular flexibility index (Phi) is 6.09. The summed E-state index contributed by atoms with van der Waals surface area (Å²) in [5.41, 5.74) is 0.485. The molecule has 0 aliphatic heterocycles. The molecule has 10 aromatic rings. The summed E-state index contributed by atoms with van der Waals surface area (Å²) in [5.74, 6) is 0. The predicted molar refractivity (Wildman–Crippen MR) is 219 cm³/mol. The van der Waals surface area contributed by atoms with E-state index in [4.69, 9.17) is 0 Å². The van der Waals surface area contributed by atoms with E-state index in [0.29, 0.717) is 54.5 Å². The Morgan fingerprint density at radius 3 is 1.06 bits per heavy atom. The van der Waals surface area contributed by atoms with Gasteiger partial charge in [-0.1, -0.05) is 41.5 Å². The Morgan fingerprint density at radius 2 is 0.750 bits per heavy atom. The highest BCUT2D eigenvalue weighted by molar-refractivity contribution is 7.17. The SMILES string of the molecule is CC(C)(C)c1cc2c3c(=O)n(-c4ccc5sccc5c4)c(=O)c3c3cc(C(C)(C)C)cc4c5c(=O)n(-c6ccc7sccc7c6)c(=O)c5c(c1)c2c34. The van der Waals surface area contributed by atoms with Crippen LogP contribution in [0.1, 0.15) is 52.7 Å². The molecule has 0 spiro atoms. The molecule has 0 amide bonds. The van der Waals surface area contributed by atoms with Crippen LogP contribution in [0.2, 0.25) is 0 Å². The molecule has 0 atom stereocenters. The van der Waals surface area contributed by atoms with Gasteiger partial charge in [0.2, 0.25) is 0 Å². The van der Waals surface area contributed by atoms with Crippen molar-refractivity contribution in [2.45, 2.75) is 52.4 Å². The number of thiophene rings is 2. The molecular weight excluding hydrogens is 685 g/mol. The van der Waals surface area contributed by atoms with Crippen LogP contribution in [0.15, 0.2) is 103 Å². The first-order chi connectivity index (χ1) is 24.7. The van der Waals surface area contributed by atoms with E-state index in [-0.39, 0.29) is 10.8 Å². The van der Waals surface area contributed by atoms with Crippen molar-refractivity contribution in [3.8, 4) is 11.4 Å². The Hall–Kier alpha value is -5.44. The minimum absolute atomic E-state index is 0.336. The molecule has 6 nitrogen and oxygen atoms in total. The zero-order valence-electron chi connectivity index (χ0n) is 29.4. The number of rotatable bonds is 2. The van der Waals surface area contributed by atoms with E-state index in [1.54, 1.807) is 22.7 Å². The van der Waals surface area contributed by atoms with Crippen molar-refractivity contribution in [2.75, 3.05) is 0 Å². The summed E-state index contributed by atoms with van der Waals surface area (Å²) in [5, 5.41) is 11.2. The Labute approximate surface area is 304 Å². The van der Waals surface area contributed by atoms with Gasteiger partial charge in [-0.25, -0.2) is 9.13 Å². The van der Waals surface area contributed by atoms with Crippen LogP contribution >= 0.6 is 22.7 Å². The lowest BCUT2D eigenvalue weighted by Gasteiger charge is -2.24. The Bertz CT molecular complexity index is 3050. The third-order valence-corrected chi connectivity index (χ3v) is 12.7. The van der Waals surface area contributed by atoms with Gasteiger partial charge in [0.1, 0.15) is 0 Å². The summed E-state index contributed by atoms with van der Waals surface area (Å²) in [6.07, 6.45) is 0. The molecule has 10 rings (SSSR count). The first-order valence-corrected chi connectivity index (χ1v) is 19.1. The maximum Gasteiger partial charge on any atom is 0.266 e. The Balaban J connectivity index is 1.48. The lowest BCUT2D eigenvalue weighted by atomic mass is 9.79. The Morgan fingerprint density at radius 1 is 0.423 bits per heavy atom. The number of fused-ring (bicyclic) bond motifs is 8. The summed E-state index contributed by atoms with van der Waals surface area (Å²) in [4.78, 5) is 59.3. The molecule has 0 radical (unpaired) electrons. The van der Waals surface area contributed by atoms with E-state index in [0.717, 1.165) is 42.1 Å². The van der Waals surface area contributed by atoms with E-state index in [1.807, 2.05) is 83.6 Å². The fourth-order valence-corrected chi connectivity index (χ4v) is 9.73. The van der Waals surface area contributed by atoms with Crippen molar-refractivity contribution in [3.63, 3.8) is 0 Å². The molecule has 0 fully saturated rings. The van der Waals surface area contributed by atoms with Gasteiger partial charge in [0.25, 0.3) is 22.2 Å². The van der Waals surface area contributed by atoms with Gasteiger partial charge in [-0.15, -0.1) is 22.7 Å². The van der Waals surface area contributed by atoms with Crippen molar-refractivity contribution < 1.29 is 0 Å². The molecule has 0 bridgehead atoms. The second-order valence-electron chi connectivity index (χ2n) is 16.1.